The standard InChI is InChI=1S/C18H26N2O3S/c1-11-4-6-13-14(10-24-16(13)8-11)17(21)19-9-12-5-7-15(23-12)18(22)20(2)3/h10-12,15H,4-9H2,1-3H3,(H,19,21)/t11-,12-,15-/m1/s1. The number of carbonyl (C=O) groups excluding carboxylic acids is 2. The van der Waals surface area contributed by atoms with E-state index >= 15 is 0 Å². The van der Waals surface area contributed by atoms with Crippen LogP contribution in [0.2, 0.25) is 0 Å². The van der Waals surface area contributed by atoms with Gasteiger partial charge in [-0.2, -0.15) is 0 Å². The van der Waals surface area contributed by atoms with E-state index in [1.807, 2.05) is 5.38 Å². The highest BCUT2D eigenvalue weighted by atomic mass is 32.1. The Balaban J connectivity index is 1.53. The van der Waals surface area contributed by atoms with E-state index in [4.69, 9.17) is 4.74 Å². The Bertz CT molecular complexity index is 626. The number of carbonyl (C=O) groups is 2. The van der Waals surface area contributed by atoms with E-state index < -0.39 is 0 Å². The highest BCUT2D eigenvalue weighted by Gasteiger charge is 2.32. The van der Waals surface area contributed by atoms with Gasteiger partial charge in [0.05, 0.1) is 11.7 Å². The molecule has 2 heterocycles. The second-order valence-corrected chi connectivity index (χ2v) is 8.13. The van der Waals surface area contributed by atoms with Crippen molar-refractivity contribution in [1.82, 2.24) is 10.2 Å². The third kappa shape index (κ3) is 3.64. The summed E-state index contributed by atoms with van der Waals surface area (Å²) in [5, 5.41) is 4.99. The van der Waals surface area contributed by atoms with E-state index in [1.165, 1.54) is 10.4 Å². The van der Waals surface area contributed by atoms with Gasteiger partial charge in [0.2, 0.25) is 0 Å². The summed E-state index contributed by atoms with van der Waals surface area (Å²) < 4.78 is 5.78. The number of ether oxygens (including phenoxy) is 1. The van der Waals surface area contributed by atoms with Crippen LogP contribution in [0.1, 0.15) is 47.0 Å². The van der Waals surface area contributed by atoms with Crippen LogP contribution in [-0.4, -0.2) is 49.6 Å². The average molecular weight is 350 g/mol. The zero-order chi connectivity index (χ0) is 17.3. The Hall–Kier alpha value is -1.40. The molecule has 3 atom stereocenters. The molecule has 1 aliphatic heterocycles. The lowest BCUT2D eigenvalue weighted by molar-refractivity contribution is -0.140. The van der Waals surface area contributed by atoms with Crippen molar-refractivity contribution < 1.29 is 14.3 Å². The van der Waals surface area contributed by atoms with Crippen molar-refractivity contribution in [3.63, 3.8) is 0 Å². The van der Waals surface area contributed by atoms with Gasteiger partial charge in [0, 0.05) is 30.9 Å². The first kappa shape index (κ1) is 17.4. The SMILES string of the molecule is C[C@@H]1CCc2c(C(=O)NC[C@H]3CC[C@H](C(=O)N(C)C)O3)csc2C1. The lowest BCUT2D eigenvalue weighted by Gasteiger charge is -2.19. The van der Waals surface area contributed by atoms with Crippen molar-refractivity contribution in [2.45, 2.75) is 51.2 Å². The molecule has 1 saturated heterocycles. The second kappa shape index (κ2) is 7.23. The molecule has 0 radical (unpaired) electrons. The topological polar surface area (TPSA) is 58.6 Å². The lowest BCUT2D eigenvalue weighted by atomic mass is 9.88. The first-order valence-electron chi connectivity index (χ1n) is 8.69. The molecule has 1 fully saturated rings. The molecule has 6 heteroatoms. The minimum absolute atomic E-state index is 0.00449. The van der Waals surface area contributed by atoms with Gasteiger partial charge < -0.3 is 15.0 Å². The van der Waals surface area contributed by atoms with Gasteiger partial charge in [-0.15, -0.1) is 11.3 Å². The molecular formula is C18H26N2O3S. The average Bonchev–Trinajstić information content (AvgIpc) is 3.18. The molecule has 0 saturated carbocycles. The van der Waals surface area contributed by atoms with Gasteiger partial charge in [0.1, 0.15) is 6.10 Å². The number of amides is 2. The van der Waals surface area contributed by atoms with E-state index in [1.54, 1.807) is 30.3 Å². The van der Waals surface area contributed by atoms with Crippen molar-refractivity contribution in [1.29, 1.82) is 0 Å². The van der Waals surface area contributed by atoms with Crippen molar-refractivity contribution in [3.8, 4) is 0 Å². The highest BCUT2D eigenvalue weighted by molar-refractivity contribution is 7.10. The van der Waals surface area contributed by atoms with E-state index in [0.29, 0.717) is 12.5 Å². The van der Waals surface area contributed by atoms with Crippen LogP contribution in [0.25, 0.3) is 0 Å². The molecule has 2 amide bonds. The first-order chi connectivity index (χ1) is 11.5. The fourth-order valence-electron chi connectivity index (χ4n) is 3.50. The fraction of sp³-hybridized carbons (Fsp3) is 0.667. The van der Waals surface area contributed by atoms with Crippen LogP contribution in [0.3, 0.4) is 0 Å². The Morgan fingerprint density at radius 2 is 2.12 bits per heavy atom. The highest BCUT2D eigenvalue weighted by Crippen LogP contribution is 2.32. The van der Waals surface area contributed by atoms with E-state index in [2.05, 4.69) is 12.2 Å². The van der Waals surface area contributed by atoms with E-state index in [-0.39, 0.29) is 24.0 Å². The smallest absolute Gasteiger partial charge is 0.252 e. The monoisotopic (exact) mass is 350 g/mol. The molecule has 1 aromatic heterocycles. The number of rotatable bonds is 4. The Kier molecular flexibility index (Phi) is 5.25. The number of likely N-dealkylation sites (N-methyl/N-ethyl adjacent to an activating group) is 1. The van der Waals surface area contributed by atoms with Gasteiger partial charge in [0.25, 0.3) is 11.8 Å². The summed E-state index contributed by atoms with van der Waals surface area (Å²) in [5.41, 5.74) is 2.07. The van der Waals surface area contributed by atoms with Crippen LogP contribution in [-0.2, 0) is 22.4 Å². The molecule has 0 spiro atoms. The molecule has 1 N–H and O–H groups in total. The summed E-state index contributed by atoms with van der Waals surface area (Å²) in [4.78, 5) is 27.3. The van der Waals surface area contributed by atoms with Crippen molar-refractivity contribution in [2.24, 2.45) is 5.92 Å². The molecule has 0 bridgehead atoms. The Labute approximate surface area is 147 Å². The normalized spacial score (nSPS) is 26.0. The van der Waals surface area contributed by atoms with Gasteiger partial charge in [-0.3, -0.25) is 9.59 Å². The fourth-order valence-corrected chi connectivity index (χ4v) is 4.74. The maximum atomic E-state index is 12.5. The van der Waals surface area contributed by atoms with Crippen LogP contribution >= 0.6 is 11.3 Å². The molecule has 3 rings (SSSR count). The minimum Gasteiger partial charge on any atom is -0.363 e. The van der Waals surface area contributed by atoms with Crippen LogP contribution in [0.4, 0.5) is 0 Å². The second-order valence-electron chi connectivity index (χ2n) is 7.17. The molecule has 0 aromatic carbocycles. The molecule has 1 aromatic rings. The van der Waals surface area contributed by atoms with Crippen molar-refractivity contribution in [2.75, 3.05) is 20.6 Å². The molecule has 132 valence electrons. The predicted octanol–water partition coefficient (Wildman–Crippen LogP) is 2.24. The van der Waals surface area contributed by atoms with E-state index in [9.17, 15) is 9.59 Å². The van der Waals surface area contributed by atoms with Crippen LogP contribution in [0, 0.1) is 5.92 Å². The number of fused-ring (bicyclic) bond motifs is 1. The summed E-state index contributed by atoms with van der Waals surface area (Å²) in [5.74, 6) is 0.711. The van der Waals surface area contributed by atoms with Gasteiger partial charge >= 0.3 is 0 Å². The maximum Gasteiger partial charge on any atom is 0.252 e. The summed E-state index contributed by atoms with van der Waals surface area (Å²) in [6.07, 6.45) is 4.35. The Morgan fingerprint density at radius 3 is 2.88 bits per heavy atom. The zero-order valence-corrected chi connectivity index (χ0v) is 15.4. The summed E-state index contributed by atoms with van der Waals surface area (Å²) in [6, 6.07) is 0. The van der Waals surface area contributed by atoms with Crippen molar-refractivity contribution in [3.05, 3.63) is 21.4 Å². The number of nitrogens with one attached hydrogen (secondary N) is 1. The number of hydrogen-bond donors (Lipinski definition) is 1. The predicted molar refractivity (Wildman–Crippen MR) is 94.4 cm³/mol. The number of nitrogens with zero attached hydrogens (tertiary/aromatic N) is 1. The van der Waals surface area contributed by atoms with Gasteiger partial charge in [-0.25, -0.2) is 0 Å². The largest absolute Gasteiger partial charge is 0.363 e. The number of thiophene rings is 1. The Morgan fingerprint density at radius 1 is 1.33 bits per heavy atom. The molecule has 5 nitrogen and oxygen atoms in total. The molecule has 0 unspecified atom stereocenters. The van der Waals surface area contributed by atoms with Crippen molar-refractivity contribution >= 4 is 23.2 Å². The summed E-state index contributed by atoms with van der Waals surface area (Å²) in [7, 11) is 3.47. The molecule has 1 aliphatic carbocycles. The quantitative estimate of drug-likeness (QED) is 0.906. The van der Waals surface area contributed by atoms with Gasteiger partial charge in [-0.05, 0) is 43.6 Å². The number of hydrogen-bond acceptors (Lipinski definition) is 4. The molecule has 2 aliphatic rings. The van der Waals surface area contributed by atoms with Crippen LogP contribution in [0.15, 0.2) is 5.38 Å². The maximum absolute atomic E-state index is 12.5. The van der Waals surface area contributed by atoms with Crippen LogP contribution < -0.4 is 5.32 Å². The summed E-state index contributed by atoms with van der Waals surface area (Å²) in [6.45, 7) is 2.74. The third-order valence-electron chi connectivity index (χ3n) is 4.96. The third-order valence-corrected chi connectivity index (χ3v) is 6.01. The zero-order valence-electron chi connectivity index (χ0n) is 14.6. The summed E-state index contributed by atoms with van der Waals surface area (Å²) >= 11 is 1.71. The molecular weight excluding hydrogens is 324 g/mol. The lowest BCUT2D eigenvalue weighted by Crippen LogP contribution is -2.36. The van der Waals surface area contributed by atoms with Crippen LogP contribution in [0.5, 0.6) is 0 Å². The first-order valence-corrected chi connectivity index (χ1v) is 9.57. The van der Waals surface area contributed by atoms with Gasteiger partial charge in [-0.1, -0.05) is 6.92 Å². The molecule has 24 heavy (non-hydrogen) atoms. The van der Waals surface area contributed by atoms with Gasteiger partial charge in [0.15, 0.2) is 0 Å². The minimum atomic E-state index is -0.364. The van der Waals surface area contributed by atoms with E-state index in [0.717, 1.165) is 37.7 Å².